The van der Waals surface area contributed by atoms with Crippen molar-refractivity contribution >= 4 is 5.97 Å². The van der Waals surface area contributed by atoms with E-state index in [0.717, 1.165) is 5.56 Å². The number of hydrogen-bond acceptors (Lipinski definition) is 3. The Morgan fingerprint density at radius 1 is 1.11 bits per heavy atom. The van der Waals surface area contributed by atoms with Gasteiger partial charge in [0.25, 0.3) is 0 Å². The molecule has 1 N–H and O–H groups in total. The minimum absolute atomic E-state index is 0.226. The third-order valence-electron chi connectivity index (χ3n) is 2.55. The normalized spacial score (nSPS) is 10.3. The highest BCUT2D eigenvalue weighted by Gasteiger charge is 2.02. The van der Waals surface area contributed by atoms with Gasteiger partial charge in [0.1, 0.15) is 0 Å². The summed E-state index contributed by atoms with van der Waals surface area (Å²) >= 11 is 0. The van der Waals surface area contributed by atoms with Crippen LogP contribution in [0.1, 0.15) is 18.4 Å². The van der Waals surface area contributed by atoms with E-state index in [0.29, 0.717) is 39.3 Å². The van der Waals surface area contributed by atoms with E-state index >= 15 is 0 Å². The van der Waals surface area contributed by atoms with Gasteiger partial charge in [-0.3, -0.25) is 0 Å². The Hall–Kier alpha value is -1.65. The van der Waals surface area contributed by atoms with Crippen LogP contribution in [0.25, 0.3) is 0 Å². The fourth-order valence-electron chi connectivity index (χ4n) is 1.48. The Morgan fingerprint density at radius 2 is 1.79 bits per heavy atom. The molecule has 0 aliphatic rings. The molecule has 0 bridgehead atoms. The van der Waals surface area contributed by atoms with Crippen molar-refractivity contribution in [3.05, 3.63) is 48.0 Å². The zero-order valence-electron chi connectivity index (χ0n) is 11.0. The van der Waals surface area contributed by atoms with Crippen LogP contribution in [0, 0.1) is 0 Å². The minimum atomic E-state index is -0.939. The van der Waals surface area contributed by atoms with Gasteiger partial charge >= 0.3 is 5.97 Å². The zero-order chi connectivity index (χ0) is 13.9. The first kappa shape index (κ1) is 15.4. The van der Waals surface area contributed by atoms with E-state index in [9.17, 15) is 4.79 Å². The van der Waals surface area contributed by atoms with E-state index in [4.69, 9.17) is 14.6 Å². The topological polar surface area (TPSA) is 55.8 Å². The first-order valence-electron chi connectivity index (χ1n) is 6.30. The molecule has 1 rings (SSSR count). The monoisotopic (exact) mass is 264 g/mol. The average molecular weight is 264 g/mol. The van der Waals surface area contributed by atoms with Crippen LogP contribution in [0.5, 0.6) is 0 Å². The molecule has 0 saturated heterocycles. The second-order valence-electron chi connectivity index (χ2n) is 4.16. The number of aliphatic carboxylic acids is 1. The molecule has 104 valence electrons. The maximum atomic E-state index is 10.5. The van der Waals surface area contributed by atoms with Gasteiger partial charge in [-0.15, -0.1) is 0 Å². The predicted molar refractivity (Wildman–Crippen MR) is 72.9 cm³/mol. The quantitative estimate of drug-likeness (QED) is 0.521. The molecule has 0 aliphatic carbocycles. The number of carboxylic acids is 1. The van der Waals surface area contributed by atoms with Gasteiger partial charge in [0.15, 0.2) is 0 Å². The van der Waals surface area contributed by atoms with Crippen LogP contribution in [-0.2, 0) is 20.9 Å². The van der Waals surface area contributed by atoms with Gasteiger partial charge < -0.3 is 14.6 Å². The number of rotatable bonds is 10. The first-order chi connectivity index (χ1) is 9.20. The third-order valence-corrected chi connectivity index (χ3v) is 2.55. The van der Waals surface area contributed by atoms with Crippen molar-refractivity contribution < 1.29 is 19.4 Å². The summed E-state index contributed by atoms with van der Waals surface area (Å²) in [4.78, 5) is 10.5. The van der Waals surface area contributed by atoms with E-state index in [-0.39, 0.29) is 5.57 Å². The van der Waals surface area contributed by atoms with Gasteiger partial charge in [-0.1, -0.05) is 36.9 Å². The fourth-order valence-corrected chi connectivity index (χ4v) is 1.48. The molecule has 0 atom stereocenters. The summed E-state index contributed by atoms with van der Waals surface area (Å²) < 4.78 is 10.8. The molecule has 4 heteroatoms. The van der Waals surface area contributed by atoms with E-state index in [1.54, 1.807) is 0 Å². The largest absolute Gasteiger partial charge is 0.478 e. The Morgan fingerprint density at radius 3 is 2.47 bits per heavy atom. The average Bonchev–Trinajstić information content (AvgIpc) is 2.42. The highest BCUT2D eigenvalue weighted by atomic mass is 16.5. The molecule has 0 amide bonds. The number of carboxylic acid groups (broad SMARTS) is 1. The standard InChI is InChI=1S/C15H20O4/c1-13(15(16)17)6-5-9-18-10-11-19-12-14-7-3-2-4-8-14/h2-4,7-8H,1,5-6,9-12H2,(H,16,17). The lowest BCUT2D eigenvalue weighted by atomic mass is 10.2. The Balaban J connectivity index is 1.92. The number of carbonyl (C=O) groups is 1. The van der Waals surface area contributed by atoms with Crippen molar-refractivity contribution in [2.24, 2.45) is 0 Å². The third kappa shape index (κ3) is 7.39. The molecule has 0 aliphatic heterocycles. The van der Waals surface area contributed by atoms with Crippen molar-refractivity contribution in [2.45, 2.75) is 19.4 Å². The van der Waals surface area contributed by atoms with Crippen LogP contribution >= 0.6 is 0 Å². The lowest BCUT2D eigenvalue weighted by molar-refractivity contribution is -0.132. The SMILES string of the molecule is C=C(CCCOCCOCc1ccccc1)C(=O)O. The van der Waals surface area contributed by atoms with Gasteiger partial charge in [-0.05, 0) is 18.4 Å². The maximum absolute atomic E-state index is 10.5. The summed E-state index contributed by atoms with van der Waals surface area (Å²) in [6.45, 7) is 5.62. The van der Waals surface area contributed by atoms with Crippen molar-refractivity contribution in [3.63, 3.8) is 0 Å². The smallest absolute Gasteiger partial charge is 0.330 e. The lowest BCUT2D eigenvalue weighted by Gasteiger charge is -2.06. The Bertz CT molecular complexity index is 386. The summed E-state index contributed by atoms with van der Waals surface area (Å²) in [6, 6.07) is 9.95. The molecule has 1 aromatic rings. The second-order valence-corrected chi connectivity index (χ2v) is 4.16. The molecule has 0 heterocycles. The summed E-state index contributed by atoms with van der Waals surface area (Å²) in [5, 5.41) is 8.60. The number of hydrogen-bond donors (Lipinski definition) is 1. The number of ether oxygens (including phenoxy) is 2. The van der Waals surface area contributed by atoms with Crippen LogP contribution in [0.15, 0.2) is 42.5 Å². The van der Waals surface area contributed by atoms with Gasteiger partial charge in [0.05, 0.1) is 19.8 Å². The summed E-state index contributed by atoms with van der Waals surface area (Å²) in [5.41, 5.74) is 1.36. The van der Waals surface area contributed by atoms with Crippen LogP contribution in [0.4, 0.5) is 0 Å². The molecule has 0 unspecified atom stereocenters. The summed E-state index contributed by atoms with van der Waals surface area (Å²) in [5.74, 6) is -0.939. The van der Waals surface area contributed by atoms with Crippen LogP contribution in [-0.4, -0.2) is 30.9 Å². The van der Waals surface area contributed by atoms with Crippen molar-refractivity contribution in [1.82, 2.24) is 0 Å². The molecule has 0 saturated carbocycles. The predicted octanol–water partition coefficient (Wildman–Crippen LogP) is 2.64. The number of benzene rings is 1. The fraction of sp³-hybridized carbons (Fsp3) is 0.400. The van der Waals surface area contributed by atoms with Crippen molar-refractivity contribution in [2.75, 3.05) is 19.8 Å². The van der Waals surface area contributed by atoms with Crippen LogP contribution in [0.3, 0.4) is 0 Å². The summed E-state index contributed by atoms with van der Waals surface area (Å²) in [6.07, 6.45) is 1.13. The Kier molecular flexibility index (Phi) is 7.54. The minimum Gasteiger partial charge on any atom is -0.478 e. The molecule has 1 aromatic carbocycles. The highest BCUT2D eigenvalue weighted by Crippen LogP contribution is 2.03. The molecule has 0 aromatic heterocycles. The van der Waals surface area contributed by atoms with Crippen molar-refractivity contribution in [1.29, 1.82) is 0 Å². The summed E-state index contributed by atoms with van der Waals surface area (Å²) in [7, 11) is 0. The molecule has 0 radical (unpaired) electrons. The van der Waals surface area contributed by atoms with Crippen LogP contribution < -0.4 is 0 Å². The van der Waals surface area contributed by atoms with E-state index in [2.05, 4.69) is 6.58 Å². The molecule has 4 nitrogen and oxygen atoms in total. The highest BCUT2D eigenvalue weighted by molar-refractivity contribution is 5.85. The molecule has 19 heavy (non-hydrogen) atoms. The molecular weight excluding hydrogens is 244 g/mol. The maximum Gasteiger partial charge on any atom is 0.330 e. The van der Waals surface area contributed by atoms with Gasteiger partial charge in [0.2, 0.25) is 0 Å². The molecule has 0 fully saturated rings. The zero-order valence-corrected chi connectivity index (χ0v) is 11.0. The van der Waals surface area contributed by atoms with Crippen LogP contribution in [0.2, 0.25) is 0 Å². The van der Waals surface area contributed by atoms with Gasteiger partial charge in [0, 0.05) is 12.2 Å². The second kappa shape index (κ2) is 9.30. The molecule has 0 spiro atoms. The Labute approximate surface area is 113 Å². The van der Waals surface area contributed by atoms with E-state index in [1.165, 1.54) is 0 Å². The van der Waals surface area contributed by atoms with E-state index in [1.807, 2.05) is 30.3 Å². The van der Waals surface area contributed by atoms with Gasteiger partial charge in [-0.25, -0.2) is 4.79 Å². The first-order valence-corrected chi connectivity index (χ1v) is 6.30. The molecular formula is C15H20O4. The van der Waals surface area contributed by atoms with Crippen molar-refractivity contribution in [3.8, 4) is 0 Å². The lowest BCUT2D eigenvalue weighted by Crippen LogP contribution is -2.06. The van der Waals surface area contributed by atoms with E-state index < -0.39 is 5.97 Å². The van der Waals surface area contributed by atoms with Gasteiger partial charge in [-0.2, -0.15) is 0 Å².